The molecular weight excluding hydrogens is 206 g/mol. The normalized spacial score (nSPS) is 28.4. The molecule has 84 valence electrons. The first-order chi connectivity index (χ1) is 6.93. The second-order valence-corrected chi connectivity index (χ2v) is 6.58. The number of thiazole rings is 1. The van der Waals surface area contributed by atoms with E-state index in [0.717, 1.165) is 6.42 Å². The first kappa shape index (κ1) is 11.1. The van der Waals surface area contributed by atoms with E-state index in [1.807, 2.05) is 6.20 Å². The Morgan fingerprint density at radius 3 is 2.47 bits per heavy atom. The Bertz CT molecular complexity index is 369. The molecule has 0 aliphatic heterocycles. The van der Waals surface area contributed by atoms with Crippen molar-refractivity contribution in [1.29, 1.82) is 0 Å². The lowest BCUT2D eigenvalue weighted by molar-refractivity contribution is 0.233. The third-order valence-corrected chi connectivity index (χ3v) is 5.18. The summed E-state index contributed by atoms with van der Waals surface area (Å²) < 4.78 is 0. The van der Waals surface area contributed by atoms with Crippen molar-refractivity contribution in [3.05, 3.63) is 16.1 Å². The quantitative estimate of drug-likeness (QED) is 0.858. The molecule has 1 unspecified atom stereocenters. The molecule has 0 radical (unpaired) electrons. The predicted molar refractivity (Wildman–Crippen MR) is 63.4 cm³/mol. The minimum Gasteiger partial charge on any atom is -0.395 e. The first-order valence-corrected chi connectivity index (χ1v) is 6.32. The van der Waals surface area contributed by atoms with Crippen LogP contribution >= 0.6 is 11.3 Å². The van der Waals surface area contributed by atoms with Crippen LogP contribution in [0, 0.1) is 5.41 Å². The van der Waals surface area contributed by atoms with Crippen LogP contribution in [0.2, 0.25) is 0 Å². The molecule has 15 heavy (non-hydrogen) atoms. The monoisotopic (exact) mass is 225 g/mol. The summed E-state index contributed by atoms with van der Waals surface area (Å²) in [6.07, 6.45) is 3.04. The standard InChI is InChI=1S/C12H19NOS/c1-8(2)10-13-5-9(15-10)12(7-14)6-11(12,3)4/h5,8,14H,6-7H2,1-4H3. The fraction of sp³-hybridized carbons (Fsp3) is 0.750. The fourth-order valence-corrected chi connectivity index (χ4v) is 3.53. The Balaban J connectivity index is 2.30. The molecule has 1 fully saturated rings. The lowest BCUT2D eigenvalue weighted by Gasteiger charge is -2.14. The first-order valence-electron chi connectivity index (χ1n) is 5.50. The van der Waals surface area contributed by atoms with Gasteiger partial charge in [-0.15, -0.1) is 11.3 Å². The largest absolute Gasteiger partial charge is 0.395 e. The average Bonchev–Trinajstić information content (AvgIpc) is 2.59. The van der Waals surface area contributed by atoms with Gasteiger partial charge in [-0.05, 0) is 11.8 Å². The van der Waals surface area contributed by atoms with Gasteiger partial charge in [0.25, 0.3) is 0 Å². The van der Waals surface area contributed by atoms with Crippen LogP contribution in [-0.4, -0.2) is 16.7 Å². The molecule has 0 bridgehead atoms. The fourth-order valence-electron chi connectivity index (χ4n) is 2.25. The summed E-state index contributed by atoms with van der Waals surface area (Å²) in [7, 11) is 0. The highest BCUT2D eigenvalue weighted by molar-refractivity contribution is 7.11. The van der Waals surface area contributed by atoms with Crippen LogP contribution in [0.15, 0.2) is 6.20 Å². The maximum Gasteiger partial charge on any atom is 0.0953 e. The van der Waals surface area contributed by atoms with Crippen molar-refractivity contribution in [2.24, 2.45) is 5.41 Å². The van der Waals surface area contributed by atoms with Gasteiger partial charge in [0, 0.05) is 22.4 Å². The molecule has 2 rings (SSSR count). The molecule has 1 aromatic heterocycles. The molecule has 1 N–H and O–H groups in total. The average molecular weight is 225 g/mol. The summed E-state index contributed by atoms with van der Waals surface area (Å²) in [4.78, 5) is 5.71. The van der Waals surface area contributed by atoms with Gasteiger partial charge in [-0.25, -0.2) is 4.98 Å². The van der Waals surface area contributed by atoms with Gasteiger partial charge in [-0.3, -0.25) is 0 Å². The molecule has 3 heteroatoms. The third kappa shape index (κ3) is 1.53. The van der Waals surface area contributed by atoms with Gasteiger partial charge in [-0.1, -0.05) is 27.7 Å². The van der Waals surface area contributed by atoms with Crippen molar-refractivity contribution in [1.82, 2.24) is 4.98 Å². The summed E-state index contributed by atoms with van der Waals surface area (Å²) in [6.45, 7) is 9.01. The van der Waals surface area contributed by atoms with Gasteiger partial charge in [0.05, 0.1) is 11.6 Å². The molecule has 1 aliphatic rings. The van der Waals surface area contributed by atoms with Crippen LogP contribution < -0.4 is 0 Å². The van der Waals surface area contributed by atoms with Crippen molar-refractivity contribution in [3.8, 4) is 0 Å². The van der Waals surface area contributed by atoms with Crippen molar-refractivity contribution in [2.75, 3.05) is 6.61 Å². The van der Waals surface area contributed by atoms with E-state index >= 15 is 0 Å². The number of aromatic nitrogens is 1. The van der Waals surface area contributed by atoms with Crippen LogP contribution in [-0.2, 0) is 5.41 Å². The molecule has 1 atom stereocenters. The molecule has 1 heterocycles. The minimum absolute atomic E-state index is 0.00218. The Labute approximate surface area is 95.4 Å². The van der Waals surface area contributed by atoms with Crippen LogP contribution in [0.4, 0.5) is 0 Å². The molecule has 0 amide bonds. The zero-order valence-electron chi connectivity index (χ0n) is 9.87. The maximum atomic E-state index is 9.57. The Morgan fingerprint density at radius 2 is 2.13 bits per heavy atom. The van der Waals surface area contributed by atoms with E-state index in [0.29, 0.717) is 5.92 Å². The van der Waals surface area contributed by atoms with Crippen LogP contribution in [0.3, 0.4) is 0 Å². The van der Waals surface area contributed by atoms with Crippen molar-refractivity contribution >= 4 is 11.3 Å². The smallest absolute Gasteiger partial charge is 0.0953 e. The lowest BCUT2D eigenvalue weighted by atomic mass is 9.96. The van der Waals surface area contributed by atoms with Gasteiger partial charge >= 0.3 is 0 Å². The zero-order chi connectivity index (χ0) is 11.3. The van der Waals surface area contributed by atoms with E-state index in [9.17, 15) is 5.11 Å². The zero-order valence-corrected chi connectivity index (χ0v) is 10.7. The van der Waals surface area contributed by atoms with Gasteiger partial charge < -0.3 is 5.11 Å². The number of aliphatic hydroxyl groups is 1. The van der Waals surface area contributed by atoms with Crippen molar-refractivity contribution in [2.45, 2.75) is 45.4 Å². The number of nitrogens with zero attached hydrogens (tertiary/aromatic N) is 1. The Morgan fingerprint density at radius 1 is 1.53 bits per heavy atom. The van der Waals surface area contributed by atoms with E-state index < -0.39 is 0 Å². The molecular formula is C12H19NOS. The summed E-state index contributed by atoms with van der Waals surface area (Å²) in [5.74, 6) is 0.487. The number of hydrogen-bond acceptors (Lipinski definition) is 3. The van der Waals surface area contributed by atoms with E-state index in [1.54, 1.807) is 11.3 Å². The summed E-state index contributed by atoms with van der Waals surface area (Å²) >= 11 is 1.77. The van der Waals surface area contributed by atoms with Crippen LogP contribution in [0.5, 0.6) is 0 Å². The van der Waals surface area contributed by atoms with Crippen LogP contribution in [0.25, 0.3) is 0 Å². The Hall–Kier alpha value is -0.410. The lowest BCUT2D eigenvalue weighted by Crippen LogP contribution is -2.17. The molecule has 0 aromatic carbocycles. The van der Waals surface area contributed by atoms with Gasteiger partial charge in [-0.2, -0.15) is 0 Å². The summed E-state index contributed by atoms with van der Waals surface area (Å²) in [5.41, 5.74) is 0.236. The van der Waals surface area contributed by atoms with E-state index in [1.165, 1.54) is 9.88 Å². The number of aliphatic hydroxyl groups excluding tert-OH is 1. The molecule has 1 aromatic rings. The van der Waals surface area contributed by atoms with E-state index in [-0.39, 0.29) is 17.4 Å². The van der Waals surface area contributed by atoms with Crippen LogP contribution in [0.1, 0.15) is 49.9 Å². The number of hydrogen-bond donors (Lipinski definition) is 1. The van der Waals surface area contributed by atoms with Crippen molar-refractivity contribution < 1.29 is 5.11 Å². The number of rotatable bonds is 3. The predicted octanol–water partition coefficient (Wildman–Crippen LogP) is 2.93. The van der Waals surface area contributed by atoms with Gasteiger partial charge in [0.2, 0.25) is 0 Å². The minimum atomic E-state index is -0.00218. The third-order valence-electron chi connectivity index (χ3n) is 3.67. The van der Waals surface area contributed by atoms with Crippen molar-refractivity contribution in [3.63, 3.8) is 0 Å². The highest BCUT2D eigenvalue weighted by Gasteiger charge is 2.62. The maximum absolute atomic E-state index is 9.57. The van der Waals surface area contributed by atoms with E-state index in [2.05, 4.69) is 32.7 Å². The Kier molecular flexibility index (Phi) is 2.43. The molecule has 1 aliphatic carbocycles. The van der Waals surface area contributed by atoms with Gasteiger partial charge in [0.1, 0.15) is 0 Å². The SMILES string of the molecule is CC(C)c1ncc(C2(CO)CC2(C)C)s1. The van der Waals surface area contributed by atoms with Gasteiger partial charge in [0.15, 0.2) is 0 Å². The molecule has 1 saturated carbocycles. The van der Waals surface area contributed by atoms with E-state index in [4.69, 9.17) is 0 Å². The second-order valence-electron chi connectivity index (χ2n) is 5.52. The molecule has 2 nitrogen and oxygen atoms in total. The molecule has 0 spiro atoms. The second kappa shape index (κ2) is 3.29. The summed E-state index contributed by atoms with van der Waals surface area (Å²) in [6, 6.07) is 0. The highest BCUT2D eigenvalue weighted by atomic mass is 32.1. The topological polar surface area (TPSA) is 33.1 Å². The summed E-state index contributed by atoms with van der Waals surface area (Å²) in [5, 5.41) is 10.8. The highest BCUT2D eigenvalue weighted by Crippen LogP contribution is 2.64. The molecule has 0 saturated heterocycles.